The molecule has 2 heterocycles. The van der Waals surface area contributed by atoms with E-state index in [1.165, 1.54) is 22.3 Å². The lowest BCUT2D eigenvalue weighted by Gasteiger charge is -2.34. The van der Waals surface area contributed by atoms with Crippen molar-refractivity contribution in [2.45, 2.75) is 25.7 Å². The molecule has 2 aromatic rings. The Hall–Kier alpha value is -1.76. The van der Waals surface area contributed by atoms with Crippen LogP contribution in [0, 0.1) is 0 Å². The molecule has 0 amide bonds. The molecule has 2 aromatic carbocycles. The fraction of sp³-hybridized carbons (Fsp3) is 0.500. The molecule has 0 saturated carbocycles. The first-order valence-electron chi connectivity index (χ1n) is 10.9. The van der Waals surface area contributed by atoms with Crippen molar-refractivity contribution in [2.75, 3.05) is 52.4 Å². The highest BCUT2D eigenvalue weighted by Gasteiger charge is 2.16. The number of hydrogen-bond donors (Lipinski definition) is 2. The number of β-amino-alcohol motifs (C(OH)–C–C–N with tert-alkyl or cyclic N) is 1. The maximum absolute atomic E-state index is 9.06. The van der Waals surface area contributed by atoms with Crippen LogP contribution in [-0.4, -0.2) is 73.4 Å². The average molecular weight is 396 g/mol. The van der Waals surface area contributed by atoms with Crippen molar-refractivity contribution in [3.63, 3.8) is 0 Å². The number of benzene rings is 2. The number of ether oxygens (including phenoxy) is 1. The minimum absolute atomic E-state index is 0.257. The third kappa shape index (κ3) is 5.87. The van der Waals surface area contributed by atoms with Crippen LogP contribution in [0.3, 0.4) is 0 Å². The number of aliphatic hydroxyl groups excluding tert-OH is 1. The highest BCUT2D eigenvalue weighted by Crippen LogP contribution is 2.22. The maximum Gasteiger partial charge on any atom is 0.0721 e. The number of nitrogens with zero attached hydrogens (tertiary/aromatic N) is 2. The van der Waals surface area contributed by atoms with E-state index in [9.17, 15) is 0 Å². The zero-order valence-corrected chi connectivity index (χ0v) is 17.2. The summed E-state index contributed by atoms with van der Waals surface area (Å²) in [5.41, 5.74) is 5.10. The van der Waals surface area contributed by atoms with Gasteiger partial charge in [-0.15, -0.1) is 0 Å². The van der Waals surface area contributed by atoms with Gasteiger partial charge in [-0.25, -0.2) is 0 Å². The number of nitrogens with one attached hydrogen (secondary N) is 1. The number of hydrogen-bond acceptors (Lipinski definition) is 5. The van der Waals surface area contributed by atoms with Gasteiger partial charge in [0.1, 0.15) is 0 Å². The molecule has 29 heavy (non-hydrogen) atoms. The summed E-state index contributed by atoms with van der Waals surface area (Å²) in [5, 5.41) is 12.4. The normalized spacial score (nSPS) is 20.9. The third-order valence-corrected chi connectivity index (χ3v) is 6.03. The quantitative estimate of drug-likeness (QED) is 0.719. The SMILES string of the molecule is OCCN1CCN(Cc2ccc(-c3ccc(CO[C@@H]4CCNC4)cc3)cc2)CC1. The highest BCUT2D eigenvalue weighted by molar-refractivity contribution is 5.63. The van der Waals surface area contributed by atoms with Crippen molar-refractivity contribution in [3.8, 4) is 11.1 Å². The van der Waals surface area contributed by atoms with E-state index >= 15 is 0 Å². The van der Waals surface area contributed by atoms with Gasteiger partial charge < -0.3 is 15.2 Å². The zero-order chi connectivity index (χ0) is 19.9. The molecule has 2 fully saturated rings. The Morgan fingerprint density at radius 3 is 2.07 bits per heavy atom. The maximum atomic E-state index is 9.06. The summed E-state index contributed by atoms with van der Waals surface area (Å²) in [6.07, 6.45) is 1.47. The number of rotatable bonds is 8. The van der Waals surface area contributed by atoms with E-state index in [1.54, 1.807) is 0 Å². The van der Waals surface area contributed by atoms with Gasteiger partial charge in [0.05, 0.1) is 19.3 Å². The Labute approximate surface area is 174 Å². The van der Waals surface area contributed by atoms with Gasteiger partial charge in [-0.1, -0.05) is 48.5 Å². The molecule has 1 atom stereocenters. The van der Waals surface area contributed by atoms with E-state index in [0.29, 0.717) is 12.7 Å². The first-order chi connectivity index (χ1) is 14.3. The van der Waals surface area contributed by atoms with Gasteiger partial charge in [0, 0.05) is 45.8 Å². The fourth-order valence-corrected chi connectivity index (χ4v) is 4.15. The lowest BCUT2D eigenvalue weighted by atomic mass is 10.0. The van der Waals surface area contributed by atoms with Gasteiger partial charge in [-0.2, -0.15) is 0 Å². The molecule has 2 aliphatic heterocycles. The van der Waals surface area contributed by atoms with Crippen molar-refractivity contribution in [2.24, 2.45) is 0 Å². The molecule has 0 aliphatic carbocycles. The molecule has 156 valence electrons. The molecular formula is C24H33N3O2. The Morgan fingerprint density at radius 2 is 1.48 bits per heavy atom. The van der Waals surface area contributed by atoms with Gasteiger partial charge >= 0.3 is 0 Å². The topological polar surface area (TPSA) is 48.0 Å². The van der Waals surface area contributed by atoms with Crippen LogP contribution in [0.1, 0.15) is 17.5 Å². The number of aliphatic hydroxyl groups is 1. The fourth-order valence-electron chi connectivity index (χ4n) is 4.15. The monoisotopic (exact) mass is 395 g/mol. The summed E-state index contributed by atoms with van der Waals surface area (Å²) in [6.45, 7) is 9.03. The molecule has 4 rings (SSSR count). The summed E-state index contributed by atoms with van der Waals surface area (Å²) in [4.78, 5) is 4.83. The van der Waals surface area contributed by atoms with Crippen molar-refractivity contribution in [1.29, 1.82) is 0 Å². The molecule has 2 aliphatic rings. The van der Waals surface area contributed by atoms with Crippen LogP contribution in [0.4, 0.5) is 0 Å². The van der Waals surface area contributed by atoms with Crippen LogP contribution in [-0.2, 0) is 17.9 Å². The second-order valence-corrected chi connectivity index (χ2v) is 8.16. The summed E-state index contributed by atoms with van der Waals surface area (Å²) >= 11 is 0. The first kappa shape index (κ1) is 20.5. The summed E-state index contributed by atoms with van der Waals surface area (Å²) in [5.74, 6) is 0. The van der Waals surface area contributed by atoms with Gasteiger partial charge in [0.2, 0.25) is 0 Å². The molecule has 0 spiro atoms. The number of piperazine rings is 1. The van der Waals surface area contributed by atoms with Gasteiger partial charge in [-0.05, 0) is 35.2 Å². The van der Waals surface area contributed by atoms with Crippen molar-refractivity contribution in [1.82, 2.24) is 15.1 Å². The standard InChI is InChI=1S/C24H33N3O2/c28-16-15-26-11-13-27(14-12-26)18-20-1-5-22(6-2-20)23-7-3-21(4-8-23)19-29-24-9-10-25-17-24/h1-8,24-25,28H,9-19H2/t24-/m1/s1. The van der Waals surface area contributed by atoms with Gasteiger partial charge in [-0.3, -0.25) is 9.80 Å². The second kappa shape index (κ2) is 10.3. The molecule has 5 heteroatoms. The smallest absolute Gasteiger partial charge is 0.0721 e. The van der Waals surface area contributed by atoms with Gasteiger partial charge in [0.15, 0.2) is 0 Å². The predicted octanol–water partition coefficient (Wildman–Crippen LogP) is 2.34. The minimum Gasteiger partial charge on any atom is -0.395 e. The molecule has 0 bridgehead atoms. The van der Waals surface area contributed by atoms with E-state index in [2.05, 4.69) is 63.6 Å². The van der Waals surface area contributed by atoms with Crippen LogP contribution >= 0.6 is 0 Å². The largest absolute Gasteiger partial charge is 0.395 e. The van der Waals surface area contributed by atoms with E-state index in [0.717, 1.165) is 58.8 Å². The molecular weight excluding hydrogens is 362 g/mol. The lowest BCUT2D eigenvalue weighted by molar-refractivity contribution is 0.0542. The highest BCUT2D eigenvalue weighted by atomic mass is 16.5. The van der Waals surface area contributed by atoms with Crippen LogP contribution in [0.15, 0.2) is 48.5 Å². The summed E-state index contributed by atoms with van der Waals surface area (Å²) in [6, 6.07) is 17.7. The summed E-state index contributed by atoms with van der Waals surface area (Å²) in [7, 11) is 0. The van der Waals surface area contributed by atoms with Crippen LogP contribution < -0.4 is 5.32 Å². The second-order valence-electron chi connectivity index (χ2n) is 8.16. The lowest BCUT2D eigenvalue weighted by Crippen LogP contribution is -2.46. The first-order valence-corrected chi connectivity index (χ1v) is 10.9. The Morgan fingerprint density at radius 1 is 0.862 bits per heavy atom. The molecule has 0 aromatic heterocycles. The van der Waals surface area contributed by atoms with E-state index in [4.69, 9.17) is 9.84 Å². The Kier molecular flexibility index (Phi) is 7.30. The van der Waals surface area contributed by atoms with E-state index < -0.39 is 0 Å². The molecule has 0 radical (unpaired) electrons. The molecule has 2 saturated heterocycles. The third-order valence-electron chi connectivity index (χ3n) is 6.03. The molecule has 5 nitrogen and oxygen atoms in total. The average Bonchev–Trinajstić information content (AvgIpc) is 3.29. The van der Waals surface area contributed by atoms with Crippen molar-refractivity contribution < 1.29 is 9.84 Å². The van der Waals surface area contributed by atoms with Crippen LogP contribution in [0.5, 0.6) is 0 Å². The van der Waals surface area contributed by atoms with Crippen LogP contribution in [0.25, 0.3) is 11.1 Å². The van der Waals surface area contributed by atoms with E-state index in [1.807, 2.05) is 0 Å². The molecule has 0 unspecified atom stereocenters. The van der Waals surface area contributed by atoms with E-state index in [-0.39, 0.29) is 6.61 Å². The van der Waals surface area contributed by atoms with Crippen molar-refractivity contribution in [3.05, 3.63) is 59.7 Å². The summed E-state index contributed by atoms with van der Waals surface area (Å²) < 4.78 is 5.96. The van der Waals surface area contributed by atoms with Crippen LogP contribution in [0.2, 0.25) is 0 Å². The zero-order valence-electron chi connectivity index (χ0n) is 17.2. The Bertz CT molecular complexity index is 734. The molecule has 2 N–H and O–H groups in total. The predicted molar refractivity (Wildman–Crippen MR) is 117 cm³/mol. The minimum atomic E-state index is 0.257. The van der Waals surface area contributed by atoms with Gasteiger partial charge in [0.25, 0.3) is 0 Å². The Balaban J connectivity index is 1.27. The van der Waals surface area contributed by atoms with Crippen molar-refractivity contribution >= 4 is 0 Å².